The van der Waals surface area contributed by atoms with Crippen LogP contribution in [0.15, 0.2) is 54.3 Å². The predicted molar refractivity (Wildman–Crippen MR) is 97.1 cm³/mol. The van der Waals surface area contributed by atoms with Crippen LogP contribution in [0.1, 0.15) is 32.8 Å². The standard InChI is InChI=1S/C21H24F2O3/c1-20(2,3)25-17-12-18(19(22)23)26-21(13-17,24-4)16-10-9-14-7-5-6-8-15(14)11-16/h5-12,17,19H,13H2,1-4H3/t17-,21+/m0/s1. The summed E-state index contributed by atoms with van der Waals surface area (Å²) >= 11 is 0. The monoisotopic (exact) mass is 362 g/mol. The molecule has 1 aliphatic rings. The molecule has 5 heteroatoms. The summed E-state index contributed by atoms with van der Waals surface area (Å²) in [5.74, 6) is -1.74. The maximum atomic E-state index is 13.5. The van der Waals surface area contributed by atoms with E-state index in [0.717, 1.165) is 10.8 Å². The molecule has 0 bridgehead atoms. The highest BCUT2D eigenvalue weighted by atomic mass is 19.3. The number of methoxy groups -OCH3 is 1. The Balaban J connectivity index is 2.04. The van der Waals surface area contributed by atoms with Crippen LogP contribution in [0.25, 0.3) is 10.8 Å². The quantitative estimate of drug-likeness (QED) is 0.730. The Morgan fingerprint density at radius 3 is 2.42 bits per heavy atom. The first kappa shape index (κ1) is 18.8. The molecule has 3 rings (SSSR count). The minimum Gasteiger partial charge on any atom is -0.456 e. The molecule has 3 nitrogen and oxygen atoms in total. The van der Waals surface area contributed by atoms with Crippen molar-refractivity contribution in [1.82, 2.24) is 0 Å². The number of hydrogen-bond acceptors (Lipinski definition) is 3. The zero-order chi connectivity index (χ0) is 18.9. The van der Waals surface area contributed by atoms with Gasteiger partial charge in [0, 0.05) is 19.1 Å². The molecule has 0 unspecified atom stereocenters. The Morgan fingerprint density at radius 2 is 1.81 bits per heavy atom. The summed E-state index contributed by atoms with van der Waals surface area (Å²) in [5.41, 5.74) is 0.210. The Hall–Kier alpha value is -1.98. The van der Waals surface area contributed by atoms with Gasteiger partial charge in [-0.05, 0) is 43.7 Å². The highest BCUT2D eigenvalue weighted by Gasteiger charge is 2.44. The van der Waals surface area contributed by atoms with Crippen molar-refractivity contribution in [2.45, 2.75) is 51.1 Å². The number of halogens is 2. The van der Waals surface area contributed by atoms with Crippen molar-refractivity contribution in [1.29, 1.82) is 0 Å². The summed E-state index contributed by atoms with van der Waals surface area (Å²) in [7, 11) is 1.47. The molecule has 140 valence electrons. The molecule has 26 heavy (non-hydrogen) atoms. The molecular weight excluding hydrogens is 338 g/mol. The van der Waals surface area contributed by atoms with E-state index in [9.17, 15) is 8.78 Å². The van der Waals surface area contributed by atoms with Crippen LogP contribution in [0, 0.1) is 0 Å². The number of ether oxygens (including phenoxy) is 3. The maximum Gasteiger partial charge on any atom is 0.294 e. The van der Waals surface area contributed by atoms with Gasteiger partial charge in [0.1, 0.15) is 0 Å². The van der Waals surface area contributed by atoms with Crippen LogP contribution in [0.2, 0.25) is 0 Å². The first-order valence-electron chi connectivity index (χ1n) is 8.63. The normalized spacial score (nSPS) is 23.8. The van der Waals surface area contributed by atoms with Gasteiger partial charge in [-0.1, -0.05) is 36.4 Å². The first-order chi connectivity index (χ1) is 12.2. The summed E-state index contributed by atoms with van der Waals surface area (Å²) in [4.78, 5) is 0. The van der Waals surface area contributed by atoms with E-state index >= 15 is 0 Å². The topological polar surface area (TPSA) is 27.7 Å². The van der Waals surface area contributed by atoms with Gasteiger partial charge in [0.25, 0.3) is 6.43 Å². The second kappa shape index (κ2) is 6.97. The fourth-order valence-electron chi connectivity index (χ4n) is 3.27. The van der Waals surface area contributed by atoms with Gasteiger partial charge in [0.05, 0.1) is 11.7 Å². The maximum absolute atomic E-state index is 13.5. The van der Waals surface area contributed by atoms with E-state index in [2.05, 4.69) is 0 Å². The Kier molecular flexibility index (Phi) is 5.04. The molecule has 0 radical (unpaired) electrons. The van der Waals surface area contributed by atoms with Crippen LogP contribution in [-0.2, 0) is 20.0 Å². The van der Waals surface area contributed by atoms with Gasteiger partial charge in [-0.3, -0.25) is 0 Å². The fraction of sp³-hybridized carbons (Fsp3) is 0.429. The molecule has 1 heterocycles. The Morgan fingerprint density at radius 1 is 1.12 bits per heavy atom. The van der Waals surface area contributed by atoms with E-state index < -0.39 is 29.7 Å². The van der Waals surface area contributed by atoms with Crippen molar-refractivity contribution >= 4 is 10.8 Å². The zero-order valence-electron chi connectivity index (χ0n) is 15.5. The van der Waals surface area contributed by atoms with E-state index in [1.807, 2.05) is 63.2 Å². The van der Waals surface area contributed by atoms with Crippen LogP contribution >= 0.6 is 0 Å². The average Bonchev–Trinajstić information content (AvgIpc) is 2.59. The molecule has 1 aliphatic heterocycles. The van der Waals surface area contributed by atoms with E-state index in [1.165, 1.54) is 13.2 Å². The predicted octanol–water partition coefficient (Wildman–Crippen LogP) is 5.39. The van der Waals surface area contributed by atoms with Crippen LogP contribution in [0.5, 0.6) is 0 Å². The Bertz CT molecular complexity index is 810. The van der Waals surface area contributed by atoms with Crippen molar-refractivity contribution < 1.29 is 23.0 Å². The lowest BCUT2D eigenvalue weighted by Crippen LogP contribution is -2.42. The molecule has 0 saturated heterocycles. The van der Waals surface area contributed by atoms with Gasteiger partial charge in [-0.25, -0.2) is 8.78 Å². The SMILES string of the molecule is CO[C@]1(c2ccc3ccccc3c2)C[C@@H](OC(C)(C)C)C=C(C(F)F)O1. The summed E-state index contributed by atoms with van der Waals surface area (Å²) in [6.07, 6.45) is -1.64. The zero-order valence-corrected chi connectivity index (χ0v) is 15.5. The third kappa shape index (κ3) is 3.89. The molecular formula is C21H24F2O3. The third-order valence-electron chi connectivity index (χ3n) is 4.34. The van der Waals surface area contributed by atoms with E-state index in [0.29, 0.717) is 5.56 Å². The summed E-state index contributed by atoms with van der Waals surface area (Å²) < 4.78 is 44.2. The van der Waals surface area contributed by atoms with Crippen LogP contribution in [0.4, 0.5) is 8.78 Å². The fourth-order valence-corrected chi connectivity index (χ4v) is 3.27. The third-order valence-corrected chi connectivity index (χ3v) is 4.34. The van der Waals surface area contributed by atoms with E-state index in [4.69, 9.17) is 14.2 Å². The van der Waals surface area contributed by atoms with Crippen molar-refractivity contribution in [3.63, 3.8) is 0 Å². The van der Waals surface area contributed by atoms with E-state index in [1.54, 1.807) is 0 Å². The van der Waals surface area contributed by atoms with Crippen molar-refractivity contribution in [3.8, 4) is 0 Å². The van der Waals surface area contributed by atoms with Crippen molar-refractivity contribution in [2.24, 2.45) is 0 Å². The summed E-state index contributed by atoms with van der Waals surface area (Å²) in [6.45, 7) is 5.68. The molecule has 0 aromatic heterocycles. The minimum absolute atomic E-state index is 0.287. The first-order valence-corrected chi connectivity index (χ1v) is 8.63. The second-order valence-electron chi connectivity index (χ2n) is 7.46. The lowest BCUT2D eigenvalue weighted by atomic mass is 9.93. The van der Waals surface area contributed by atoms with Gasteiger partial charge in [0.15, 0.2) is 5.76 Å². The van der Waals surface area contributed by atoms with E-state index in [-0.39, 0.29) is 6.42 Å². The van der Waals surface area contributed by atoms with Gasteiger partial charge in [-0.15, -0.1) is 0 Å². The lowest BCUT2D eigenvalue weighted by Gasteiger charge is -2.41. The van der Waals surface area contributed by atoms with Crippen molar-refractivity contribution in [2.75, 3.05) is 7.11 Å². The van der Waals surface area contributed by atoms with Crippen LogP contribution in [-0.4, -0.2) is 25.2 Å². The number of fused-ring (bicyclic) bond motifs is 1. The molecule has 2 aromatic rings. The summed E-state index contributed by atoms with van der Waals surface area (Å²) in [6, 6.07) is 13.6. The molecule has 0 saturated carbocycles. The van der Waals surface area contributed by atoms with Gasteiger partial charge < -0.3 is 14.2 Å². The number of benzene rings is 2. The molecule has 0 amide bonds. The van der Waals surface area contributed by atoms with Gasteiger partial charge in [-0.2, -0.15) is 0 Å². The molecule has 0 fully saturated rings. The number of hydrogen-bond donors (Lipinski definition) is 0. The second-order valence-corrected chi connectivity index (χ2v) is 7.46. The number of rotatable bonds is 4. The lowest BCUT2D eigenvalue weighted by molar-refractivity contribution is -0.249. The minimum atomic E-state index is -2.74. The van der Waals surface area contributed by atoms with Crippen molar-refractivity contribution in [3.05, 3.63) is 59.9 Å². The number of alkyl halides is 2. The van der Waals surface area contributed by atoms with Gasteiger partial charge in [0.2, 0.25) is 5.79 Å². The average molecular weight is 362 g/mol. The largest absolute Gasteiger partial charge is 0.456 e. The highest BCUT2D eigenvalue weighted by Crippen LogP contribution is 2.41. The summed E-state index contributed by atoms with van der Waals surface area (Å²) in [5, 5.41) is 2.05. The molecule has 0 aliphatic carbocycles. The molecule has 0 spiro atoms. The number of allylic oxidation sites excluding steroid dienone is 1. The molecule has 2 atom stereocenters. The molecule has 2 aromatic carbocycles. The highest BCUT2D eigenvalue weighted by molar-refractivity contribution is 5.83. The van der Waals surface area contributed by atoms with Gasteiger partial charge >= 0.3 is 0 Å². The Labute approximate surface area is 152 Å². The smallest absolute Gasteiger partial charge is 0.294 e. The molecule has 0 N–H and O–H groups in total. The van der Waals surface area contributed by atoms with Crippen LogP contribution < -0.4 is 0 Å². The van der Waals surface area contributed by atoms with Crippen LogP contribution in [0.3, 0.4) is 0 Å².